The number of carboxylic acid groups (broad SMARTS) is 1. The molecular weight excluding hydrogens is 1690 g/mol. The summed E-state index contributed by atoms with van der Waals surface area (Å²) in [5.41, 5.74) is 9.10. The maximum absolute atomic E-state index is 15.5. The number of amides is 15. The van der Waals surface area contributed by atoms with Crippen molar-refractivity contribution in [1.29, 1.82) is 0 Å². The third-order valence-corrected chi connectivity index (χ3v) is 23.2. The van der Waals surface area contributed by atoms with Crippen LogP contribution in [0.2, 0.25) is 0 Å². The number of carbonyl (C=O) groups excluding carboxylic acids is 15. The number of phenolic OH excluding ortho intramolecular Hbond substituents is 2. The first-order chi connectivity index (χ1) is 61.9. The van der Waals surface area contributed by atoms with E-state index in [4.69, 9.17) is 5.73 Å². The minimum absolute atomic E-state index is 0.00137. The number of unbranched alkanes of at least 4 members (excludes halogenated alkanes) is 1. The van der Waals surface area contributed by atoms with Crippen molar-refractivity contribution in [3.63, 3.8) is 0 Å². The van der Waals surface area contributed by atoms with Crippen molar-refractivity contribution in [3.05, 3.63) is 216 Å². The highest BCUT2D eigenvalue weighted by atomic mass is 32.2. The van der Waals surface area contributed by atoms with Gasteiger partial charge in [0, 0.05) is 103 Å². The van der Waals surface area contributed by atoms with Crippen molar-refractivity contribution in [3.8, 4) is 11.5 Å². The maximum Gasteiger partial charge on any atom is 0.303 e. The van der Waals surface area contributed by atoms with Crippen LogP contribution in [0, 0.1) is 5.92 Å². The fourth-order valence-electron chi connectivity index (χ4n) is 15.0. The average molecular weight is 1810 g/mol. The van der Waals surface area contributed by atoms with Gasteiger partial charge in [-0.2, -0.15) is 0 Å². The third kappa shape index (κ3) is 30.7. The molecule has 0 saturated carbocycles. The van der Waals surface area contributed by atoms with E-state index in [-0.39, 0.29) is 80.1 Å². The molecule has 1 saturated heterocycles. The van der Waals surface area contributed by atoms with E-state index in [2.05, 4.69) is 59.4 Å². The number of aromatic hydroxyl groups is 2. The molecule has 15 N–H and O–H groups in total. The van der Waals surface area contributed by atoms with Gasteiger partial charge in [0.05, 0.1) is 25.4 Å². The number of phenols is 2. The number of nitrogens with one attached hydrogen (secondary N) is 10. The van der Waals surface area contributed by atoms with Crippen LogP contribution in [0.5, 0.6) is 11.5 Å². The number of hydrogen-bond acceptors (Lipinski definition) is 19. The topological polar surface area (TPSA) is 500 Å². The molecule has 2 heterocycles. The molecule has 130 heavy (non-hydrogen) atoms. The number of para-hydroxylation sites is 1. The normalized spacial score (nSPS) is 21.8. The number of nitrogens with two attached hydrogens (primary N) is 1. The summed E-state index contributed by atoms with van der Waals surface area (Å²) >= 11 is 0.829. The highest BCUT2D eigenvalue weighted by Crippen LogP contribution is 2.25. The molecule has 0 spiro atoms. The van der Waals surface area contributed by atoms with Gasteiger partial charge in [-0.1, -0.05) is 174 Å². The zero-order valence-corrected chi connectivity index (χ0v) is 75.2. The van der Waals surface area contributed by atoms with Gasteiger partial charge in [0.15, 0.2) is 0 Å². The van der Waals surface area contributed by atoms with Crippen LogP contribution in [0.25, 0.3) is 10.9 Å². The van der Waals surface area contributed by atoms with E-state index in [0.717, 1.165) is 26.5 Å². The molecule has 15 amide bonds. The molecule has 36 heteroatoms. The fraction of sp³-hybridized carbons (Fsp3) is 0.404. The largest absolute Gasteiger partial charge is 0.508 e. The highest BCUT2D eigenvalue weighted by molar-refractivity contribution is 8.00. The Bertz CT molecular complexity index is 5140. The van der Waals surface area contributed by atoms with E-state index in [9.17, 15) is 53.7 Å². The van der Waals surface area contributed by atoms with Crippen molar-refractivity contribution < 1.29 is 92.0 Å². The molecule has 11 atom stereocenters. The van der Waals surface area contributed by atoms with E-state index in [0.29, 0.717) is 57.1 Å². The van der Waals surface area contributed by atoms with Crippen LogP contribution < -0.4 is 53.6 Å². The Balaban J connectivity index is 1.22. The zero-order valence-electron chi connectivity index (χ0n) is 74.4. The van der Waals surface area contributed by atoms with Gasteiger partial charge >= 0.3 is 5.97 Å². The lowest BCUT2D eigenvalue weighted by atomic mass is 9.99. The van der Waals surface area contributed by atoms with Crippen molar-refractivity contribution in [2.45, 2.75) is 171 Å². The Kier molecular flexibility index (Phi) is 38.6. The molecule has 694 valence electrons. The Morgan fingerprint density at radius 2 is 0.923 bits per heavy atom. The number of rotatable bonds is 24. The number of fused-ring (bicyclic) bond motifs is 1. The molecule has 1 fully saturated rings. The number of nitrogens with zero attached hydrogens (tertiary/aromatic N) is 5. The van der Waals surface area contributed by atoms with E-state index < -0.39 is 199 Å². The van der Waals surface area contributed by atoms with Gasteiger partial charge in [-0.05, 0) is 101 Å². The monoisotopic (exact) mass is 1810 g/mol. The molecule has 1 aromatic heterocycles. The van der Waals surface area contributed by atoms with Crippen molar-refractivity contribution in [2.75, 3.05) is 66.4 Å². The Morgan fingerprint density at radius 1 is 0.477 bits per heavy atom. The molecule has 1 aliphatic rings. The summed E-state index contributed by atoms with van der Waals surface area (Å²) in [5, 5.41) is 55.4. The zero-order chi connectivity index (χ0) is 95.0. The number of aliphatic carboxylic acids is 1. The first-order valence-corrected chi connectivity index (χ1v) is 44.0. The van der Waals surface area contributed by atoms with Crippen LogP contribution in [0.4, 0.5) is 0 Å². The lowest BCUT2D eigenvalue weighted by molar-refractivity contribution is -0.151. The van der Waals surface area contributed by atoms with Crippen LogP contribution in [0.15, 0.2) is 182 Å². The number of likely N-dealkylation sites (N-methyl/N-ethyl adjacent to an activating group) is 5. The second kappa shape index (κ2) is 49.4. The predicted molar refractivity (Wildman–Crippen MR) is 487 cm³/mol. The molecule has 0 bridgehead atoms. The summed E-state index contributed by atoms with van der Waals surface area (Å²) in [6.45, 7) is 8.45. The van der Waals surface area contributed by atoms with Crippen LogP contribution in [0.3, 0.4) is 0 Å². The van der Waals surface area contributed by atoms with Crippen LogP contribution in [0.1, 0.15) is 99.6 Å². The maximum atomic E-state index is 15.5. The fourth-order valence-corrected chi connectivity index (χ4v) is 15.8. The van der Waals surface area contributed by atoms with Gasteiger partial charge in [-0.25, -0.2) is 0 Å². The Morgan fingerprint density at radius 3 is 1.46 bits per heavy atom. The molecule has 0 radical (unpaired) electrons. The summed E-state index contributed by atoms with van der Waals surface area (Å²) in [4.78, 5) is 243. The number of carboxylic acids is 1. The van der Waals surface area contributed by atoms with Gasteiger partial charge in [-0.3, -0.25) is 76.7 Å². The van der Waals surface area contributed by atoms with E-state index >= 15 is 38.4 Å². The predicted octanol–water partition coefficient (Wildman–Crippen LogP) is 2.64. The number of carbonyl (C=O) groups is 16. The Labute approximate surface area is 759 Å². The molecule has 35 nitrogen and oxygen atoms in total. The minimum Gasteiger partial charge on any atom is -0.508 e. The van der Waals surface area contributed by atoms with Gasteiger partial charge in [0.1, 0.15) is 78.0 Å². The number of aromatic nitrogens is 1. The quantitative estimate of drug-likeness (QED) is 0.0387. The molecule has 1 aliphatic heterocycles. The number of thioether (sulfide) groups is 1. The molecule has 0 aliphatic carbocycles. The lowest BCUT2D eigenvalue weighted by Gasteiger charge is -2.37. The van der Waals surface area contributed by atoms with Gasteiger partial charge in [0.2, 0.25) is 88.6 Å². The molecule has 6 aromatic carbocycles. The van der Waals surface area contributed by atoms with Crippen LogP contribution in [-0.2, 0) is 115 Å². The van der Waals surface area contributed by atoms with Crippen LogP contribution in [-0.4, -0.2) is 272 Å². The Hall–Kier alpha value is -13.9. The van der Waals surface area contributed by atoms with Gasteiger partial charge in [-0.15, -0.1) is 11.8 Å². The van der Waals surface area contributed by atoms with Crippen LogP contribution >= 0.6 is 11.8 Å². The molecule has 7 aromatic rings. The van der Waals surface area contributed by atoms with E-state index in [1.807, 2.05) is 6.92 Å². The third-order valence-electron chi connectivity index (χ3n) is 22.1. The number of benzene rings is 6. The second-order valence-corrected chi connectivity index (χ2v) is 34.0. The molecular formula is C94H118N16O19S. The SMILES string of the molecule is C=C(C)[C@@H]1NC(=O)[C@H](CCC(=O)O)NC(=O)CN(C)C(=O)[C@H](CCCC)N(C)C(=O)[C@H](Cc2ccccc2)N(C)C(=O)[C@H](Cc2ccccc2)NC(=O)CSC[C@@H](C(=O)NCC(N)=O)NC(=O)[C@H](CC(C)C)NC(=O)[C@H](Cc2ccc(O)cc2)NC(=O)[C@H](Cc2c[nH]c3ccccc23)NC(=O)CN(C)C(=O)[C@H](Cc2ccc(O)cc2)NC(=O)[C@H](Cc2ccccc2)N(C)C1=O. The number of hydrogen-bond donors (Lipinski definition) is 14. The minimum atomic E-state index is -1.72. The lowest BCUT2D eigenvalue weighted by Crippen LogP contribution is -2.60. The molecule has 0 unspecified atom stereocenters. The number of aromatic amines is 1. The smallest absolute Gasteiger partial charge is 0.303 e. The second-order valence-electron chi connectivity index (χ2n) is 33.0. The van der Waals surface area contributed by atoms with Crippen molar-refractivity contribution in [1.82, 2.24) is 77.3 Å². The summed E-state index contributed by atoms with van der Waals surface area (Å²) in [7, 11) is 6.54. The van der Waals surface area contributed by atoms with Crippen molar-refractivity contribution in [2.24, 2.45) is 11.7 Å². The number of H-pyrrole nitrogens is 1. The van der Waals surface area contributed by atoms with Gasteiger partial charge in [0.25, 0.3) is 0 Å². The van der Waals surface area contributed by atoms with Crippen molar-refractivity contribution >= 4 is 117 Å². The highest BCUT2D eigenvalue weighted by Gasteiger charge is 2.42. The van der Waals surface area contributed by atoms with E-state index in [1.165, 1.54) is 100 Å². The van der Waals surface area contributed by atoms with Gasteiger partial charge < -0.3 is 98.4 Å². The summed E-state index contributed by atoms with van der Waals surface area (Å²) in [6, 6.07) is 27.2. The first-order valence-electron chi connectivity index (χ1n) is 42.8. The molecule has 8 rings (SSSR count). The average Bonchev–Trinajstić information content (AvgIpc) is 1.69. The standard InChI is InChI=1S/C94H118N16O19S/c1-11-12-32-75-92(127)107(7)53-79(114)98-68(41-42-82(117)118)85(120)105-83(57(4)5)94(129)109(9)76(47-59-26-18-14-19-27-59)89(124)103-72(46-62-35-39-65(112)40-36-62)90(125)106(6)52-80(115)99-71(49-63-50-96-67-31-23-22-30-66(63)67)88(123)102-70(44-61-33-37-64(111)38-34-61)87(122)101-69(43-56(2)3)86(121)104-74(84(119)97-51-78(95)113)54-130-55-81(116)100-73(45-58-24-16-13-17-25-58)91(126)110(10)77(93(128)108(75)8)48-60-28-20-15-21-29-60/h13-31,33-40,50,56,68-77,83,96,111-112H,4,11-12,32,41-49,51-55H2,1-3,5-10H3,(H2,95,113)(H,97,119)(H,98,114)(H,99,115)(H,100,116)(H,101,122)(H,102,123)(H,103,124)(H,104,121)(H,105,120)(H,117,118)/t68-,69-,70-,71-,72-,73-,74-,75-,76-,77-,83-/m0/s1. The van der Waals surface area contributed by atoms with E-state index in [1.54, 1.807) is 135 Å². The number of primary amides is 1. The first kappa shape index (κ1) is 101. The summed E-state index contributed by atoms with van der Waals surface area (Å²) < 4.78 is 0. The summed E-state index contributed by atoms with van der Waals surface area (Å²) in [5.74, 6) is -16.4. The summed E-state index contributed by atoms with van der Waals surface area (Å²) in [6.07, 6.45) is -0.149.